The molecule has 0 unspecified atom stereocenters. The quantitative estimate of drug-likeness (QED) is 0.389. The highest BCUT2D eigenvalue weighted by atomic mass is 32.1. The molecule has 1 amide bonds. The smallest absolute Gasteiger partial charge is 0.419 e. The first-order chi connectivity index (χ1) is 16.4. The van der Waals surface area contributed by atoms with Crippen molar-refractivity contribution in [2.75, 3.05) is 6.61 Å². The first-order valence-corrected chi connectivity index (χ1v) is 11.4. The minimum absolute atomic E-state index is 0.0206. The number of amides is 1. The summed E-state index contributed by atoms with van der Waals surface area (Å²) in [5.74, 6) is -1.23. The van der Waals surface area contributed by atoms with Gasteiger partial charge in [-0.3, -0.25) is 9.36 Å². The predicted octanol–water partition coefficient (Wildman–Crippen LogP) is 3.66. The van der Waals surface area contributed by atoms with Crippen LogP contribution >= 0.6 is 11.3 Å². The van der Waals surface area contributed by atoms with Gasteiger partial charge in [0.05, 0.1) is 18.0 Å². The molecule has 0 fully saturated rings. The van der Waals surface area contributed by atoms with Gasteiger partial charge in [-0.1, -0.05) is 36.4 Å². The van der Waals surface area contributed by atoms with Crippen LogP contribution in [0.4, 0.5) is 0 Å². The minimum Gasteiger partial charge on any atom is -0.461 e. The highest BCUT2D eigenvalue weighted by Crippen LogP contribution is 2.24. The largest absolute Gasteiger partial charge is 0.461 e. The van der Waals surface area contributed by atoms with E-state index in [1.165, 1.54) is 15.9 Å². The van der Waals surface area contributed by atoms with Crippen LogP contribution in [0, 0.1) is 11.3 Å². The van der Waals surface area contributed by atoms with Gasteiger partial charge in [-0.15, -0.1) is 11.3 Å². The highest BCUT2D eigenvalue weighted by Gasteiger charge is 2.14. The van der Waals surface area contributed by atoms with Gasteiger partial charge < -0.3 is 14.5 Å². The summed E-state index contributed by atoms with van der Waals surface area (Å²) in [6.45, 7) is -0.0536. The lowest BCUT2D eigenvalue weighted by molar-refractivity contribution is -0.122. The Labute approximate surface area is 199 Å². The van der Waals surface area contributed by atoms with Gasteiger partial charge >= 0.3 is 11.7 Å². The standard InChI is InChI=1S/C25H21N3O5S/c1-28-20-14-18(8-9-21(20)33-25(28)31)17-6-4-16(5-7-17)13-19(15-26)27-23(29)10-11-32-24(30)22-3-2-12-34-22/h2-9,12,14,19H,10-11,13H2,1H3,(H,27,29)/t19-/m0/s1. The maximum atomic E-state index is 12.2. The summed E-state index contributed by atoms with van der Waals surface area (Å²) in [7, 11) is 1.66. The molecule has 0 radical (unpaired) electrons. The average molecular weight is 476 g/mol. The number of fused-ring (bicyclic) bond motifs is 1. The first kappa shape index (κ1) is 23.0. The Morgan fingerprint density at radius 3 is 2.65 bits per heavy atom. The maximum Gasteiger partial charge on any atom is 0.419 e. The zero-order valence-corrected chi connectivity index (χ0v) is 19.1. The van der Waals surface area contributed by atoms with Crippen molar-refractivity contribution >= 4 is 34.3 Å². The summed E-state index contributed by atoms with van der Waals surface area (Å²) in [6, 6.07) is 18.0. The Kier molecular flexibility index (Phi) is 6.90. The molecule has 34 heavy (non-hydrogen) atoms. The van der Waals surface area contributed by atoms with Crippen LogP contribution in [-0.4, -0.2) is 29.1 Å². The number of aryl methyl sites for hydroxylation is 1. The van der Waals surface area contributed by atoms with Crippen LogP contribution in [0.15, 0.2) is 69.2 Å². The number of nitrogens with zero attached hydrogens (tertiary/aromatic N) is 2. The molecule has 0 aliphatic rings. The Hall–Kier alpha value is -4.16. The van der Waals surface area contributed by atoms with Gasteiger partial charge in [0.1, 0.15) is 17.5 Å². The normalized spacial score (nSPS) is 11.6. The van der Waals surface area contributed by atoms with Crippen LogP contribution < -0.4 is 11.1 Å². The van der Waals surface area contributed by atoms with E-state index in [0.29, 0.717) is 22.4 Å². The van der Waals surface area contributed by atoms with Gasteiger partial charge in [0.15, 0.2) is 5.58 Å². The SMILES string of the molecule is Cn1c(=O)oc2ccc(-c3ccc(C[C@@H](C#N)NC(=O)CCOC(=O)c4cccs4)cc3)cc21. The van der Waals surface area contributed by atoms with Crippen molar-refractivity contribution in [2.24, 2.45) is 7.05 Å². The number of nitriles is 1. The maximum absolute atomic E-state index is 12.2. The fourth-order valence-electron chi connectivity index (χ4n) is 3.47. The monoisotopic (exact) mass is 475 g/mol. The lowest BCUT2D eigenvalue weighted by atomic mass is 10.0. The molecule has 2 aromatic heterocycles. The third-order valence-corrected chi connectivity index (χ3v) is 6.14. The molecule has 172 valence electrons. The van der Waals surface area contributed by atoms with Crippen molar-refractivity contribution in [1.82, 2.24) is 9.88 Å². The van der Waals surface area contributed by atoms with E-state index in [0.717, 1.165) is 16.7 Å². The molecule has 9 heteroatoms. The van der Waals surface area contributed by atoms with E-state index in [2.05, 4.69) is 11.4 Å². The Bertz CT molecular complexity index is 1410. The third-order valence-electron chi connectivity index (χ3n) is 5.29. The number of ether oxygens (including phenoxy) is 1. The highest BCUT2D eigenvalue weighted by molar-refractivity contribution is 7.11. The second-order valence-corrected chi connectivity index (χ2v) is 8.57. The van der Waals surface area contributed by atoms with E-state index < -0.39 is 17.8 Å². The van der Waals surface area contributed by atoms with Crippen molar-refractivity contribution in [2.45, 2.75) is 18.9 Å². The zero-order valence-electron chi connectivity index (χ0n) is 18.3. The van der Waals surface area contributed by atoms with E-state index >= 15 is 0 Å². The molecule has 0 saturated heterocycles. The number of carbonyl (C=O) groups excluding carboxylic acids is 2. The number of oxazole rings is 1. The molecule has 1 atom stereocenters. The van der Waals surface area contributed by atoms with Gasteiger partial charge in [0, 0.05) is 13.5 Å². The molecule has 0 bridgehead atoms. The Morgan fingerprint density at radius 1 is 1.18 bits per heavy atom. The number of nitrogens with one attached hydrogen (secondary N) is 1. The number of benzene rings is 2. The predicted molar refractivity (Wildman–Crippen MR) is 127 cm³/mol. The number of hydrogen-bond acceptors (Lipinski definition) is 7. The summed E-state index contributed by atoms with van der Waals surface area (Å²) in [6.07, 6.45) is 0.319. The van der Waals surface area contributed by atoms with Gasteiger partial charge in [-0.25, -0.2) is 9.59 Å². The Balaban J connectivity index is 1.32. The van der Waals surface area contributed by atoms with E-state index in [-0.39, 0.29) is 18.9 Å². The van der Waals surface area contributed by atoms with Gasteiger partial charge in [-0.2, -0.15) is 5.26 Å². The van der Waals surface area contributed by atoms with Crippen molar-refractivity contribution in [3.63, 3.8) is 0 Å². The second kappa shape index (κ2) is 10.2. The lowest BCUT2D eigenvalue weighted by Crippen LogP contribution is -2.35. The van der Waals surface area contributed by atoms with Crippen LogP contribution in [0.1, 0.15) is 21.7 Å². The minimum atomic E-state index is -0.705. The number of esters is 1. The lowest BCUT2D eigenvalue weighted by Gasteiger charge is -2.12. The summed E-state index contributed by atoms with van der Waals surface area (Å²) in [4.78, 5) is 36.1. The molecule has 2 aromatic carbocycles. The number of carbonyl (C=O) groups is 2. The molecule has 0 aliphatic heterocycles. The second-order valence-electron chi connectivity index (χ2n) is 7.62. The molecule has 4 aromatic rings. The summed E-state index contributed by atoms with van der Waals surface area (Å²) in [5, 5.41) is 13.9. The van der Waals surface area contributed by atoms with Gasteiger partial charge in [0.2, 0.25) is 5.91 Å². The number of thiophene rings is 1. The summed E-state index contributed by atoms with van der Waals surface area (Å²) < 4.78 is 11.7. The van der Waals surface area contributed by atoms with Crippen LogP contribution in [0.5, 0.6) is 0 Å². The van der Waals surface area contributed by atoms with Crippen molar-refractivity contribution in [3.05, 3.63) is 81.0 Å². The molecule has 0 aliphatic carbocycles. The third kappa shape index (κ3) is 5.24. The van der Waals surface area contributed by atoms with Crippen LogP contribution in [0.3, 0.4) is 0 Å². The molecular weight excluding hydrogens is 454 g/mol. The summed E-state index contributed by atoms with van der Waals surface area (Å²) >= 11 is 1.27. The van der Waals surface area contributed by atoms with E-state index in [4.69, 9.17) is 9.15 Å². The topological polar surface area (TPSA) is 114 Å². The van der Waals surface area contributed by atoms with Crippen molar-refractivity contribution in [1.29, 1.82) is 5.26 Å². The van der Waals surface area contributed by atoms with Crippen LogP contribution in [0.2, 0.25) is 0 Å². The van der Waals surface area contributed by atoms with Crippen molar-refractivity contribution in [3.8, 4) is 17.2 Å². The molecule has 0 spiro atoms. The summed E-state index contributed by atoms with van der Waals surface area (Å²) in [5.41, 5.74) is 4.00. The molecule has 2 heterocycles. The van der Waals surface area contributed by atoms with E-state index in [9.17, 15) is 19.6 Å². The first-order valence-electron chi connectivity index (χ1n) is 10.5. The van der Waals surface area contributed by atoms with Crippen molar-refractivity contribution < 1.29 is 18.7 Å². The molecular formula is C25H21N3O5S. The number of aromatic nitrogens is 1. The molecule has 0 saturated carbocycles. The number of hydrogen-bond donors (Lipinski definition) is 1. The van der Waals surface area contributed by atoms with E-state index in [1.807, 2.05) is 36.4 Å². The number of rotatable bonds is 8. The molecule has 4 rings (SSSR count). The molecule has 8 nitrogen and oxygen atoms in total. The van der Waals surface area contributed by atoms with E-state index in [1.54, 1.807) is 30.6 Å². The van der Waals surface area contributed by atoms with Gasteiger partial charge in [-0.05, 0) is 40.3 Å². The fraction of sp³-hybridized carbons (Fsp3) is 0.200. The van der Waals surface area contributed by atoms with Crippen LogP contribution in [0.25, 0.3) is 22.2 Å². The fourth-order valence-corrected chi connectivity index (χ4v) is 4.09. The van der Waals surface area contributed by atoms with Crippen LogP contribution in [-0.2, 0) is 23.0 Å². The molecule has 1 N–H and O–H groups in total. The Morgan fingerprint density at radius 2 is 1.94 bits per heavy atom. The average Bonchev–Trinajstić information content (AvgIpc) is 3.48. The van der Waals surface area contributed by atoms with Gasteiger partial charge in [0.25, 0.3) is 0 Å². The zero-order chi connectivity index (χ0) is 24.1.